The van der Waals surface area contributed by atoms with Gasteiger partial charge in [0.05, 0.1) is 10.6 Å². The zero-order valence-electron chi connectivity index (χ0n) is 37.0. The third-order valence-corrected chi connectivity index (χ3v) is 9.32. The second-order valence-corrected chi connectivity index (χ2v) is 19.3. The first-order valence-corrected chi connectivity index (χ1v) is 20.7. The minimum absolute atomic E-state index is 0.00804. The third-order valence-electron chi connectivity index (χ3n) is 8.16. The molecule has 0 atom stereocenters. The van der Waals surface area contributed by atoms with E-state index in [0.29, 0.717) is 42.9 Å². The topological polar surface area (TPSA) is 190 Å². The van der Waals surface area contributed by atoms with E-state index >= 15 is 4.39 Å². The Labute approximate surface area is 360 Å². The molecule has 0 radical (unpaired) electrons. The van der Waals surface area contributed by atoms with Crippen molar-refractivity contribution in [2.24, 2.45) is 9.98 Å². The fraction of sp³-hybridized carbons (Fsp3) is 0.512. The monoisotopic (exact) mass is 867 g/mol. The molecule has 3 heterocycles. The van der Waals surface area contributed by atoms with Crippen molar-refractivity contribution in [1.29, 1.82) is 0 Å². The summed E-state index contributed by atoms with van der Waals surface area (Å²) in [4.78, 5) is 76.3. The molecule has 0 saturated heterocycles. The molecule has 3 N–H and O–H groups in total. The molecule has 0 spiro atoms. The van der Waals surface area contributed by atoms with Crippen LogP contribution in [0.4, 0.5) is 29.3 Å². The van der Waals surface area contributed by atoms with Crippen LogP contribution in [0, 0.1) is 5.82 Å². The van der Waals surface area contributed by atoms with Crippen molar-refractivity contribution in [2.75, 3.05) is 31.5 Å². The number of thiophene rings is 1. The van der Waals surface area contributed by atoms with Crippen molar-refractivity contribution >= 4 is 70.4 Å². The van der Waals surface area contributed by atoms with Gasteiger partial charge in [0.25, 0.3) is 5.91 Å². The highest BCUT2D eigenvalue weighted by Gasteiger charge is 2.27. The molecule has 2 aliphatic heterocycles. The van der Waals surface area contributed by atoms with Crippen LogP contribution in [-0.4, -0.2) is 101 Å². The second kappa shape index (κ2) is 19.3. The number of amides is 5. The van der Waals surface area contributed by atoms with Crippen molar-refractivity contribution in [3.63, 3.8) is 0 Å². The lowest BCUT2D eigenvalue weighted by atomic mass is 9.99. The van der Waals surface area contributed by atoms with Gasteiger partial charge in [-0.15, -0.1) is 21.3 Å². The highest BCUT2D eigenvalue weighted by molar-refractivity contribution is 7.15. The maximum Gasteiger partial charge on any atom is 0.437 e. The number of hydrogen-bond acceptors (Lipinski definition) is 10. The molecule has 2 aliphatic rings. The van der Waals surface area contributed by atoms with E-state index in [1.807, 2.05) is 18.2 Å². The van der Waals surface area contributed by atoms with E-state index in [9.17, 15) is 24.0 Å². The number of aliphatic imine (C=N–C) groups is 2. The normalized spacial score (nSPS) is 15.6. The van der Waals surface area contributed by atoms with Gasteiger partial charge in [-0.1, -0.05) is 18.2 Å². The summed E-state index contributed by atoms with van der Waals surface area (Å²) in [5.41, 5.74) is -0.746. The van der Waals surface area contributed by atoms with Crippen LogP contribution in [0.3, 0.4) is 0 Å². The number of rotatable bonds is 4. The molecule has 0 saturated carbocycles. The predicted molar refractivity (Wildman–Crippen MR) is 233 cm³/mol. The van der Waals surface area contributed by atoms with Gasteiger partial charge in [0.15, 0.2) is 0 Å². The Balaban J connectivity index is 1.41. The summed E-state index contributed by atoms with van der Waals surface area (Å²) in [6, 6.07) is 8.06. The molecular formula is C43H58FN7O9S. The summed E-state index contributed by atoms with van der Waals surface area (Å²) >= 11 is 1.25. The van der Waals surface area contributed by atoms with Crippen LogP contribution >= 0.6 is 11.3 Å². The summed E-state index contributed by atoms with van der Waals surface area (Å²) < 4.78 is 36.9. The molecule has 0 unspecified atom stereocenters. The fourth-order valence-electron chi connectivity index (χ4n) is 5.73. The Morgan fingerprint density at radius 3 is 1.51 bits per heavy atom. The van der Waals surface area contributed by atoms with E-state index in [4.69, 9.17) is 18.9 Å². The Hall–Kier alpha value is -5.78. The van der Waals surface area contributed by atoms with Gasteiger partial charge in [0, 0.05) is 31.1 Å². The highest BCUT2D eigenvalue weighted by atomic mass is 32.1. The first kappa shape index (κ1) is 47.9. The molecule has 1 aromatic carbocycles. The van der Waals surface area contributed by atoms with Crippen molar-refractivity contribution in [2.45, 2.75) is 118 Å². The van der Waals surface area contributed by atoms with Crippen molar-refractivity contribution in [3.8, 4) is 0 Å². The number of benzene rings is 1. The maximum atomic E-state index is 15.5. The number of nitrogens with one attached hydrogen (secondary N) is 3. The van der Waals surface area contributed by atoms with E-state index in [1.165, 1.54) is 23.5 Å². The smallest absolute Gasteiger partial charge is 0.437 e. The molecule has 1 aromatic heterocycles. The molecule has 332 valence electrons. The van der Waals surface area contributed by atoms with Crippen molar-refractivity contribution in [1.82, 2.24) is 20.4 Å². The molecule has 2 aromatic rings. The number of guanidine groups is 2. The number of ether oxygens (including phenoxy) is 4. The molecule has 4 rings (SSSR count). The average molecular weight is 868 g/mol. The Bertz CT molecular complexity index is 2120. The molecule has 0 bridgehead atoms. The highest BCUT2D eigenvalue weighted by Crippen LogP contribution is 2.31. The number of halogens is 1. The quantitative estimate of drug-likeness (QED) is 0.151. The minimum Gasteiger partial charge on any atom is -0.444 e. The zero-order chi connectivity index (χ0) is 45.5. The molecule has 61 heavy (non-hydrogen) atoms. The van der Waals surface area contributed by atoms with Crippen molar-refractivity contribution < 1.29 is 47.3 Å². The summed E-state index contributed by atoms with van der Waals surface area (Å²) in [6.07, 6.45) is 1.41. The number of nitrogens with zero attached hydrogens (tertiary/aromatic N) is 4. The number of carbonyl (C=O) groups excluding carboxylic acids is 5. The summed E-state index contributed by atoms with van der Waals surface area (Å²) in [5, 5.41) is 7.80. The number of alkyl carbamates (subject to hydrolysis) is 2. The SMILES string of the molecule is CC(C)(C)OC(=O)N=C(NC(=O)OC(C)(C)C)N1CC=C(c2ccc(NC(=O)c3ccc(C4=CCN(C(=NC(=O)OC(C)(C)C)NC(=O)OC(C)(C)C)CC4)s3)c(F)c2)CC1. The molecule has 18 heteroatoms. The molecule has 16 nitrogen and oxygen atoms in total. The van der Waals surface area contributed by atoms with Gasteiger partial charge < -0.3 is 34.1 Å². The summed E-state index contributed by atoms with van der Waals surface area (Å²) in [6.45, 7) is 21.8. The zero-order valence-corrected chi connectivity index (χ0v) is 37.8. The minimum atomic E-state index is -0.877. The molecule has 5 amide bonds. The summed E-state index contributed by atoms with van der Waals surface area (Å²) in [5.74, 6) is -1.14. The van der Waals surface area contributed by atoms with E-state index in [0.717, 1.165) is 16.0 Å². The fourth-order valence-corrected chi connectivity index (χ4v) is 6.70. The van der Waals surface area contributed by atoms with Gasteiger partial charge in [-0.2, -0.15) is 0 Å². The van der Waals surface area contributed by atoms with Crippen LogP contribution in [0.5, 0.6) is 0 Å². The first-order valence-electron chi connectivity index (χ1n) is 19.9. The van der Waals surface area contributed by atoms with Crippen LogP contribution in [0.2, 0.25) is 0 Å². The van der Waals surface area contributed by atoms with E-state index in [1.54, 1.807) is 105 Å². The van der Waals surface area contributed by atoms with E-state index < -0.39 is 58.5 Å². The van der Waals surface area contributed by atoms with Crippen LogP contribution in [0.25, 0.3) is 11.1 Å². The van der Waals surface area contributed by atoms with Crippen molar-refractivity contribution in [3.05, 3.63) is 63.6 Å². The van der Waals surface area contributed by atoms with Gasteiger partial charge >= 0.3 is 24.4 Å². The lowest BCUT2D eigenvalue weighted by Gasteiger charge is -2.30. The van der Waals surface area contributed by atoms with Gasteiger partial charge in [0.1, 0.15) is 28.2 Å². The van der Waals surface area contributed by atoms with Gasteiger partial charge in [-0.3, -0.25) is 15.4 Å². The maximum absolute atomic E-state index is 15.5. The van der Waals surface area contributed by atoms with Gasteiger partial charge in [-0.05, 0) is 137 Å². The molecular weight excluding hydrogens is 810 g/mol. The van der Waals surface area contributed by atoms with E-state index in [-0.39, 0.29) is 24.2 Å². The van der Waals surface area contributed by atoms with Crippen LogP contribution in [-0.2, 0) is 18.9 Å². The average Bonchev–Trinajstić information content (AvgIpc) is 3.60. The number of hydrogen-bond donors (Lipinski definition) is 3. The first-order chi connectivity index (χ1) is 28.1. The van der Waals surface area contributed by atoms with Crippen LogP contribution < -0.4 is 16.0 Å². The largest absolute Gasteiger partial charge is 0.444 e. The second-order valence-electron chi connectivity index (χ2n) is 18.2. The Morgan fingerprint density at radius 1 is 0.639 bits per heavy atom. The lowest BCUT2D eigenvalue weighted by Crippen LogP contribution is -2.48. The third kappa shape index (κ3) is 16.0. The number of carbonyl (C=O) groups is 5. The van der Waals surface area contributed by atoms with Gasteiger partial charge in [0.2, 0.25) is 11.9 Å². The predicted octanol–water partition coefficient (Wildman–Crippen LogP) is 8.95. The molecule has 0 fully saturated rings. The lowest BCUT2D eigenvalue weighted by molar-refractivity contribution is 0.0536. The van der Waals surface area contributed by atoms with Gasteiger partial charge in [-0.25, -0.2) is 23.6 Å². The van der Waals surface area contributed by atoms with Crippen LogP contribution in [0.15, 0.2) is 52.5 Å². The number of anilines is 1. The van der Waals surface area contributed by atoms with Crippen LogP contribution in [0.1, 0.15) is 116 Å². The standard InChI is InChI=1S/C43H58FN7O9S/c1-40(2,3)57-36(53)46-34(47-37(54)58-41(4,5)6)50-21-17-26(18-22-50)28-13-14-30(29(44)25-28)45-33(52)32-16-15-31(61-32)27-19-23-51(24-20-27)35(48-38(55)59-42(7,8)9)49-39(56)60-43(10,11)12/h13-17,19,25H,18,20-24H2,1-12H3,(H,45,52)(H,46,47,53,54)(H,48,49,55,56). The Kier molecular flexibility index (Phi) is 15.1. The summed E-state index contributed by atoms with van der Waals surface area (Å²) in [7, 11) is 0. The molecule has 0 aliphatic carbocycles. The Morgan fingerprint density at radius 2 is 1.10 bits per heavy atom. The van der Waals surface area contributed by atoms with E-state index in [2.05, 4.69) is 25.9 Å².